The van der Waals surface area contributed by atoms with E-state index in [1.807, 2.05) is 0 Å². The number of benzene rings is 1. The summed E-state index contributed by atoms with van der Waals surface area (Å²) in [5.41, 5.74) is 0.168. The molecule has 0 fully saturated rings. The van der Waals surface area contributed by atoms with Crippen molar-refractivity contribution >= 4 is 12.7 Å². The van der Waals surface area contributed by atoms with Gasteiger partial charge in [0, 0.05) is 7.11 Å². The zero-order valence-corrected chi connectivity index (χ0v) is 10.7. The minimum atomic E-state index is -1.000. The molecule has 0 aliphatic rings. The summed E-state index contributed by atoms with van der Waals surface area (Å²) in [5, 5.41) is 8.85. The molecule has 1 N–H and O–H groups in total. The normalized spacial score (nSPS) is 11.8. The smallest absolute Gasteiger partial charge is 0.335 e. The fourth-order valence-electron chi connectivity index (χ4n) is 1.31. The van der Waals surface area contributed by atoms with Gasteiger partial charge in [0.15, 0.2) is 6.23 Å². The maximum atomic E-state index is 10.8. The van der Waals surface area contributed by atoms with Crippen LogP contribution in [0.2, 0.25) is 0 Å². The van der Waals surface area contributed by atoms with Gasteiger partial charge in [-0.1, -0.05) is 6.07 Å². The summed E-state index contributed by atoms with van der Waals surface area (Å²) in [6.45, 7) is 4.42. The van der Waals surface area contributed by atoms with Gasteiger partial charge in [-0.2, -0.15) is 0 Å². The van der Waals surface area contributed by atoms with Crippen LogP contribution in [0.3, 0.4) is 0 Å². The summed E-state index contributed by atoms with van der Waals surface area (Å²) in [7, 11) is 1.58. The number of nitrogens with zero attached hydrogens (tertiary/aromatic N) is 1. The molecule has 0 saturated carbocycles. The maximum Gasteiger partial charge on any atom is 0.335 e. The average Bonchev–Trinajstić information content (AvgIpc) is 2.43. The number of carboxylic acids is 1. The Bertz CT molecular complexity index is 421. The highest BCUT2D eigenvalue weighted by atomic mass is 16.6. The molecule has 1 rings (SSSR count). The SMILES string of the molecule is C=NC(COc1cccc(C(=O)O)c1)OCCOC. The first-order valence-electron chi connectivity index (χ1n) is 5.70. The van der Waals surface area contributed by atoms with Gasteiger partial charge >= 0.3 is 5.97 Å². The summed E-state index contributed by atoms with van der Waals surface area (Å²) in [4.78, 5) is 14.6. The number of ether oxygens (including phenoxy) is 3. The highest BCUT2D eigenvalue weighted by molar-refractivity contribution is 5.87. The van der Waals surface area contributed by atoms with Crippen LogP contribution in [0.5, 0.6) is 5.75 Å². The van der Waals surface area contributed by atoms with E-state index in [1.165, 1.54) is 12.1 Å². The predicted molar refractivity (Wildman–Crippen MR) is 70.1 cm³/mol. The number of carboxylic acid groups (broad SMARTS) is 1. The summed E-state index contributed by atoms with van der Waals surface area (Å²) in [6.07, 6.45) is -0.511. The van der Waals surface area contributed by atoms with Crippen LogP contribution in [0.1, 0.15) is 10.4 Å². The van der Waals surface area contributed by atoms with Crippen molar-refractivity contribution in [2.75, 3.05) is 26.9 Å². The van der Waals surface area contributed by atoms with Crippen LogP contribution < -0.4 is 4.74 Å². The number of hydrogen-bond acceptors (Lipinski definition) is 5. The van der Waals surface area contributed by atoms with Crippen molar-refractivity contribution in [2.45, 2.75) is 6.23 Å². The van der Waals surface area contributed by atoms with Crippen molar-refractivity contribution in [1.82, 2.24) is 0 Å². The van der Waals surface area contributed by atoms with Gasteiger partial charge in [0.25, 0.3) is 0 Å². The Morgan fingerprint density at radius 2 is 2.26 bits per heavy atom. The maximum absolute atomic E-state index is 10.8. The molecule has 1 aromatic carbocycles. The first-order chi connectivity index (χ1) is 9.17. The summed E-state index contributed by atoms with van der Waals surface area (Å²) in [6, 6.07) is 6.22. The van der Waals surface area contributed by atoms with Gasteiger partial charge in [-0.15, -0.1) is 0 Å². The first kappa shape index (κ1) is 15.1. The third kappa shape index (κ3) is 5.50. The predicted octanol–water partition coefficient (Wildman–Crippen LogP) is 1.45. The highest BCUT2D eigenvalue weighted by Gasteiger charge is 2.08. The second kappa shape index (κ2) is 8.23. The van der Waals surface area contributed by atoms with Crippen molar-refractivity contribution in [2.24, 2.45) is 4.99 Å². The van der Waals surface area contributed by atoms with Gasteiger partial charge in [0.1, 0.15) is 12.4 Å². The molecule has 0 aromatic heterocycles. The summed E-state index contributed by atoms with van der Waals surface area (Å²) < 4.78 is 15.6. The molecule has 0 spiro atoms. The Morgan fingerprint density at radius 1 is 1.47 bits per heavy atom. The molecule has 19 heavy (non-hydrogen) atoms. The molecule has 104 valence electrons. The molecule has 0 radical (unpaired) electrons. The van der Waals surface area contributed by atoms with E-state index in [4.69, 9.17) is 19.3 Å². The van der Waals surface area contributed by atoms with Crippen molar-refractivity contribution in [3.05, 3.63) is 29.8 Å². The molecule has 1 aromatic rings. The van der Waals surface area contributed by atoms with E-state index in [0.717, 1.165) is 0 Å². The zero-order valence-electron chi connectivity index (χ0n) is 10.7. The lowest BCUT2D eigenvalue weighted by molar-refractivity contribution is -0.000108. The monoisotopic (exact) mass is 267 g/mol. The molecule has 6 nitrogen and oxygen atoms in total. The largest absolute Gasteiger partial charge is 0.489 e. The second-order valence-electron chi connectivity index (χ2n) is 3.64. The van der Waals surface area contributed by atoms with E-state index in [0.29, 0.717) is 19.0 Å². The van der Waals surface area contributed by atoms with Gasteiger partial charge in [-0.05, 0) is 24.9 Å². The second-order valence-corrected chi connectivity index (χ2v) is 3.64. The van der Waals surface area contributed by atoms with Crippen LogP contribution in [-0.2, 0) is 9.47 Å². The number of hydrogen-bond donors (Lipinski definition) is 1. The Kier molecular flexibility index (Phi) is 6.56. The Morgan fingerprint density at radius 3 is 2.89 bits per heavy atom. The Labute approximate surface area is 111 Å². The number of carbonyl (C=O) groups is 1. The van der Waals surface area contributed by atoms with Crippen molar-refractivity contribution in [1.29, 1.82) is 0 Å². The number of aromatic carboxylic acids is 1. The van der Waals surface area contributed by atoms with Crippen LogP contribution in [-0.4, -0.2) is 51.0 Å². The first-order valence-corrected chi connectivity index (χ1v) is 5.70. The molecule has 0 heterocycles. The minimum absolute atomic E-state index is 0.163. The van der Waals surface area contributed by atoms with E-state index in [-0.39, 0.29) is 12.2 Å². The molecule has 0 amide bonds. The number of methoxy groups -OCH3 is 1. The van der Waals surface area contributed by atoms with Crippen molar-refractivity contribution in [3.63, 3.8) is 0 Å². The van der Waals surface area contributed by atoms with Gasteiger partial charge < -0.3 is 19.3 Å². The van der Waals surface area contributed by atoms with Crippen molar-refractivity contribution < 1.29 is 24.1 Å². The van der Waals surface area contributed by atoms with Crippen LogP contribution >= 0.6 is 0 Å². The fraction of sp³-hybridized carbons (Fsp3) is 0.385. The lowest BCUT2D eigenvalue weighted by atomic mass is 10.2. The van der Waals surface area contributed by atoms with Crippen LogP contribution in [0.15, 0.2) is 29.3 Å². The minimum Gasteiger partial charge on any atom is -0.489 e. The third-order valence-electron chi connectivity index (χ3n) is 2.27. The van der Waals surface area contributed by atoms with Gasteiger partial charge in [-0.25, -0.2) is 4.79 Å². The zero-order chi connectivity index (χ0) is 14.1. The molecule has 0 aliphatic heterocycles. The number of aliphatic imine (C=N–C) groups is 1. The third-order valence-corrected chi connectivity index (χ3v) is 2.27. The van der Waals surface area contributed by atoms with Crippen molar-refractivity contribution in [3.8, 4) is 5.75 Å². The molecule has 0 saturated heterocycles. The lowest BCUT2D eigenvalue weighted by Crippen LogP contribution is -2.21. The Balaban J connectivity index is 2.47. The standard InChI is InChI=1S/C13H17NO5/c1-14-12(18-7-6-17-2)9-19-11-5-3-4-10(8-11)13(15)16/h3-5,8,12H,1,6-7,9H2,2H3,(H,15,16). The number of rotatable bonds is 9. The lowest BCUT2D eigenvalue weighted by Gasteiger charge is -2.14. The molecule has 6 heteroatoms. The van der Waals surface area contributed by atoms with Gasteiger partial charge in [0.2, 0.25) is 0 Å². The molecular formula is C13H17NO5. The molecular weight excluding hydrogens is 250 g/mol. The molecule has 1 unspecified atom stereocenters. The topological polar surface area (TPSA) is 77.4 Å². The van der Waals surface area contributed by atoms with Crippen LogP contribution in [0.25, 0.3) is 0 Å². The quantitative estimate of drug-likeness (QED) is 0.541. The molecule has 0 bridgehead atoms. The van der Waals surface area contributed by atoms with Crippen LogP contribution in [0, 0.1) is 0 Å². The van der Waals surface area contributed by atoms with Gasteiger partial charge in [0.05, 0.1) is 18.8 Å². The van der Waals surface area contributed by atoms with E-state index in [2.05, 4.69) is 11.7 Å². The summed E-state index contributed by atoms with van der Waals surface area (Å²) in [5.74, 6) is -0.552. The summed E-state index contributed by atoms with van der Waals surface area (Å²) >= 11 is 0. The molecule has 0 aliphatic carbocycles. The fourth-order valence-corrected chi connectivity index (χ4v) is 1.31. The Hall–Kier alpha value is -1.92. The van der Waals surface area contributed by atoms with Crippen LogP contribution in [0.4, 0.5) is 0 Å². The van der Waals surface area contributed by atoms with E-state index >= 15 is 0 Å². The van der Waals surface area contributed by atoms with E-state index in [1.54, 1.807) is 19.2 Å². The average molecular weight is 267 g/mol. The van der Waals surface area contributed by atoms with E-state index in [9.17, 15) is 4.79 Å². The van der Waals surface area contributed by atoms with E-state index < -0.39 is 12.2 Å². The highest BCUT2D eigenvalue weighted by Crippen LogP contribution is 2.14. The molecule has 1 atom stereocenters. The van der Waals surface area contributed by atoms with Gasteiger partial charge in [-0.3, -0.25) is 4.99 Å².